The molecule has 1 saturated heterocycles. The van der Waals surface area contributed by atoms with Gasteiger partial charge in [-0.15, -0.1) is 0 Å². The lowest BCUT2D eigenvalue weighted by Gasteiger charge is -2.38. The van der Waals surface area contributed by atoms with Crippen molar-refractivity contribution in [1.29, 1.82) is 0 Å². The zero-order valence-corrected chi connectivity index (χ0v) is 10.7. The Labute approximate surface area is 107 Å². The van der Waals surface area contributed by atoms with Crippen molar-refractivity contribution in [1.82, 2.24) is 4.90 Å². The molecule has 2 N–H and O–H groups in total. The maximum absolute atomic E-state index is 11.9. The maximum Gasteiger partial charge on any atom is 0.324 e. The Kier molecular flexibility index (Phi) is 2.55. The van der Waals surface area contributed by atoms with Crippen molar-refractivity contribution in [3.05, 3.63) is 29.8 Å². The number of rotatable bonds is 2. The van der Waals surface area contributed by atoms with Crippen molar-refractivity contribution < 1.29 is 4.79 Å². The number of hydrogen-bond donors (Lipinski definition) is 1. The molecule has 1 aliphatic carbocycles. The fraction of sp³-hybridized carbons (Fsp3) is 0.500. The largest absolute Gasteiger partial charge is 0.326 e. The van der Waals surface area contributed by atoms with Crippen molar-refractivity contribution in [2.75, 3.05) is 25.0 Å². The highest BCUT2D eigenvalue weighted by Gasteiger charge is 2.34. The third-order valence-electron chi connectivity index (χ3n) is 4.22. The lowest BCUT2D eigenvalue weighted by molar-refractivity contribution is 0.229. The minimum atomic E-state index is -0.121. The maximum atomic E-state index is 11.9. The number of benzene rings is 1. The number of likely N-dealkylation sites (N-methyl/N-ethyl adjacent to an activating group) is 1. The van der Waals surface area contributed by atoms with Crippen molar-refractivity contribution in [2.45, 2.75) is 24.8 Å². The van der Waals surface area contributed by atoms with E-state index in [4.69, 9.17) is 5.73 Å². The number of hydrogen-bond acceptors (Lipinski definition) is 2. The van der Waals surface area contributed by atoms with E-state index in [0.29, 0.717) is 0 Å². The van der Waals surface area contributed by atoms with Crippen molar-refractivity contribution in [2.24, 2.45) is 5.73 Å². The summed E-state index contributed by atoms with van der Waals surface area (Å²) in [5.74, 6) is 0. The summed E-state index contributed by atoms with van der Waals surface area (Å²) in [5, 5.41) is 0. The van der Waals surface area contributed by atoms with Gasteiger partial charge in [0.2, 0.25) is 0 Å². The van der Waals surface area contributed by atoms with Crippen LogP contribution in [0.1, 0.15) is 24.8 Å². The van der Waals surface area contributed by atoms with Gasteiger partial charge in [-0.05, 0) is 37.0 Å². The molecule has 1 heterocycles. The summed E-state index contributed by atoms with van der Waals surface area (Å²) in [5.41, 5.74) is 8.33. The Hall–Kier alpha value is -1.55. The lowest BCUT2D eigenvalue weighted by Crippen LogP contribution is -2.43. The van der Waals surface area contributed by atoms with Crippen LogP contribution in [0.15, 0.2) is 24.3 Å². The van der Waals surface area contributed by atoms with Crippen LogP contribution in [0.5, 0.6) is 0 Å². The molecular weight excluding hydrogens is 226 g/mol. The minimum Gasteiger partial charge on any atom is -0.326 e. The molecule has 1 aromatic carbocycles. The molecule has 1 saturated carbocycles. The molecule has 4 heteroatoms. The molecule has 0 aromatic heterocycles. The second-order valence-electron chi connectivity index (χ2n) is 5.41. The summed E-state index contributed by atoms with van der Waals surface area (Å²) < 4.78 is 0. The molecule has 2 amide bonds. The third-order valence-corrected chi connectivity index (χ3v) is 4.22. The van der Waals surface area contributed by atoms with Crippen LogP contribution >= 0.6 is 0 Å². The van der Waals surface area contributed by atoms with Gasteiger partial charge >= 0.3 is 6.03 Å². The molecule has 1 aliphatic heterocycles. The second kappa shape index (κ2) is 3.99. The van der Waals surface area contributed by atoms with Gasteiger partial charge in [-0.1, -0.05) is 12.1 Å². The number of nitrogens with zero attached hydrogens (tertiary/aromatic N) is 2. The van der Waals surface area contributed by atoms with E-state index in [0.717, 1.165) is 31.6 Å². The average Bonchev–Trinajstić information content (AvgIpc) is 2.68. The Morgan fingerprint density at radius 3 is 2.28 bits per heavy atom. The highest BCUT2D eigenvalue weighted by molar-refractivity contribution is 5.93. The summed E-state index contributed by atoms with van der Waals surface area (Å²) in [6.45, 7) is 1.56. The summed E-state index contributed by atoms with van der Waals surface area (Å²) >= 11 is 0. The van der Waals surface area contributed by atoms with Crippen molar-refractivity contribution >= 4 is 11.7 Å². The third kappa shape index (κ3) is 1.68. The quantitative estimate of drug-likeness (QED) is 0.865. The van der Waals surface area contributed by atoms with E-state index in [-0.39, 0.29) is 11.6 Å². The first-order valence-corrected chi connectivity index (χ1v) is 6.52. The molecule has 0 spiro atoms. The zero-order valence-electron chi connectivity index (χ0n) is 10.7. The number of amides is 2. The van der Waals surface area contributed by atoms with Crippen LogP contribution in [0.3, 0.4) is 0 Å². The molecule has 18 heavy (non-hydrogen) atoms. The van der Waals surface area contributed by atoms with Gasteiger partial charge in [0, 0.05) is 31.4 Å². The van der Waals surface area contributed by atoms with E-state index in [1.807, 2.05) is 24.1 Å². The molecule has 4 nitrogen and oxygen atoms in total. The first-order valence-electron chi connectivity index (χ1n) is 6.52. The Bertz CT molecular complexity index is 464. The first kappa shape index (κ1) is 11.5. The molecule has 0 atom stereocenters. The standard InChI is InChI=1S/C14H19N3O/c1-16-9-10-17(13(16)18)12-5-3-11(4-6-12)14(15)7-2-8-14/h3-6H,2,7-10,15H2,1H3. The lowest BCUT2D eigenvalue weighted by atomic mass is 9.73. The van der Waals surface area contributed by atoms with E-state index in [1.54, 1.807) is 4.90 Å². The van der Waals surface area contributed by atoms with Crippen molar-refractivity contribution in [3.8, 4) is 0 Å². The molecule has 0 radical (unpaired) electrons. The predicted octanol–water partition coefficient (Wildman–Crippen LogP) is 1.90. The van der Waals surface area contributed by atoms with Gasteiger partial charge < -0.3 is 10.6 Å². The Morgan fingerprint density at radius 2 is 1.83 bits per heavy atom. The van der Waals surface area contributed by atoms with Gasteiger partial charge in [0.05, 0.1) is 0 Å². The summed E-state index contributed by atoms with van der Waals surface area (Å²) in [4.78, 5) is 15.4. The summed E-state index contributed by atoms with van der Waals surface area (Å²) in [7, 11) is 1.83. The smallest absolute Gasteiger partial charge is 0.324 e. The predicted molar refractivity (Wildman–Crippen MR) is 71.5 cm³/mol. The number of carbonyl (C=O) groups excluding carboxylic acids is 1. The second-order valence-corrected chi connectivity index (χ2v) is 5.41. The van der Waals surface area contributed by atoms with Gasteiger partial charge in [-0.3, -0.25) is 4.90 Å². The highest BCUT2D eigenvalue weighted by Crippen LogP contribution is 2.39. The van der Waals surface area contributed by atoms with Crippen LogP contribution < -0.4 is 10.6 Å². The summed E-state index contributed by atoms with van der Waals surface area (Å²) in [6, 6.07) is 8.24. The number of urea groups is 1. The van der Waals surface area contributed by atoms with E-state index < -0.39 is 0 Å². The van der Waals surface area contributed by atoms with Crippen LogP contribution in [0, 0.1) is 0 Å². The van der Waals surface area contributed by atoms with Crippen LogP contribution in [0.25, 0.3) is 0 Å². The Morgan fingerprint density at radius 1 is 1.17 bits per heavy atom. The number of anilines is 1. The fourth-order valence-corrected chi connectivity index (χ4v) is 2.71. The van der Waals surface area contributed by atoms with Gasteiger partial charge in [0.1, 0.15) is 0 Å². The number of carbonyl (C=O) groups is 1. The van der Waals surface area contributed by atoms with Gasteiger partial charge in [-0.2, -0.15) is 0 Å². The Balaban J connectivity index is 1.81. The molecular formula is C14H19N3O. The van der Waals surface area contributed by atoms with Crippen LogP contribution in [-0.2, 0) is 5.54 Å². The summed E-state index contributed by atoms with van der Waals surface area (Å²) in [6.07, 6.45) is 3.35. The molecule has 2 fully saturated rings. The molecule has 0 unspecified atom stereocenters. The molecule has 2 aliphatic rings. The van der Waals surface area contributed by atoms with Crippen molar-refractivity contribution in [3.63, 3.8) is 0 Å². The monoisotopic (exact) mass is 245 g/mol. The first-order chi connectivity index (χ1) is 8.60. The topological polar surface area (TPSA) is 49.6 Å². The molecule has 1 aromatic rings. The normalized spacial score (nSPS) is 22.2. The van der Waals surface area contributed by atoms with E-state index in [1.165, 1.54) is 12.0 Å². The van der Waals surface area contributed by atoms with Gasteiger partial charge in [0.25, 0.3) is 0 Å². The minimum absolute atomic E-state index is 0.0776. The molecule has 3 rings (SSSR count). The fourth-order valence-electron chi connectivity index (χ4n) is 2.71. The zero-order chi connectivity index (χ0) is 12.8. The van der Waals surface area contributed by atoms with Crippen LogP contribution in [0.2, 0.25) is 0 Å². The van der Waals surface area contributed by atoms with Crippen LogP contribution in [0.4, 0.5) is 10.5 Å². The molecule has 96 valence electrons. The van der Waals surface area contributed by atoms with E-state index in [2.05, 4.69) is 12.1 Å². The van der Waals surface area contributed by atoms with Gasteiger partial charge in [0.15, 0.2) is 0 Å². The number of nitrogens with two attached hydrogens (primary N) is 1. The van der Waals surface area contributed by atoms with E-state index in [9.17, 15) is 4.79 Å². The highest BCUT2D eigenvalue weighted by atomic mass is 16.2. The van der Waals surface area contributed by atoms with E-state index >= 15 is 0 Å². The molecule has 0 bridgehead atoms. The van der Waals surface area contributed by atoms with Crippen LogP contribution in [-0.4, -0.2) is 31.1 Å². The average molecular weight is 245 g/mol. The van der Waals surface area contributed by atoms with Gasteiger partial charge in [-0.25, -0.2) is 4.79 Å². The SMILES string of the molecule is CN1CCN(c2ccc(C3(N)CCC3)cc2)C1=O.